The van der Waals surface area contributed by atoms with E-state index in [-0.39, 0.29) is 18.3 Å². The van der Waals surface area contributed by atoms with Crippen molar-refractivity contribution in [2.45, 2.75) is 39.5 Å². The van der Waals surface area contributed by atoms with Crippen molar-refractivity contribution >= 4 is 5.97 Å². The molecule has 0 saturated carbocycles. The lowest BCUT2D eigenvalue weighted by atomic mass is 10.1. The van der Waals surface area contributed by atoms with Crippen LogP contribution in [0.5, 0.6) is 0 Å². The number of nitrogens with zero attached hydrogens (tertiary/aromatic N) is 2. The predicted octanol–water partition coefficient (Wildman–Crippen LogP) is 1.69. The van der Waals surface area contributed by atoms with Crippen LogP contribution in [0.2, 0.25) is 0 Å². The number of aromatic nitrogens is 2. The molecular weight excluding hydrogens is 196 g/mol. The van der Waals surface area contributed by atoms with Gasteiger partial charge in [0.05, 0.1) is 6.61 Å². The molecule has 1 heterocycles. The van der Waals surface area contributed by atoms with E-state index in [2.05, 4.69) is 10.1 Å². The third-order valence-corrected chi connectivity index (χ3v) is 2.14. The zero-order valence-electron chi connectivity index (χ0n) is 9.32. The molecule has 1 aromatic rings. The molecular formula is C10H16N2O3. The number of hydrogen-bond acceptors (Lipinski definition) is 5. The minimum absolute atomic E-state index is 0.0529. The number of esters is 1. The second-order valence-electron chi connectivity index (χ2n) is 3.34. The van der Waals surface area contributed by atoms with Crippen molar-refractivity contribution in [3.63, 3.8) is 0 Å². The summed E-state index contributed by atoms with van der Waals surface area (Å²) in [4.78, 5) is 15.2. The first kappa shape index (κ1) is 11.7. The lowest BCUT2D eigenvalue weighted by molar-refractivity contribution is -0.142. The molecule has 0 N–H and O–H groups in total. The first-order valence-electron chi connectivity index (χ1n) is 5.15. The number of carbonyl (C=O) groups excluding carboxylic acids is 1. The van der Waals surface area contributed by atoms with Crippen molar-refractivity contribution in [1.29, 1.82) is 0 Å². The fraction of sp³-hybridized carbons (Fsp3) is 0.700. The van der Waals surface area contributed by atoms with Gasteiger partial charge in [0.15, 0.2) is 5.82 Å². The van der Waals surface area contributed by atoms with E-state index in [4.69, 9.17) is 9.26 Å². The number of hydrogen-bond donors (Lipinski definition) is 0. The van der Waals surface area contributed by atoms with Crippen molar-refractivity contribution in [3.8, 4) is 0 Å². The van der Waals surface area contributed by atoms with Gasteiger partial charge in [-0.1, -0.05) is 19.0 Å². The summed E-state index contributed by atoms with van der Waals surface area (Å²) in [5, 5.41) is 3.81. The SMILES string of the molecule is CCOC(=O)Cc1nc(C(C)CC)no1. The van der Waals surface area contributed by atoms with Gasteiger partial charge in [0.1, 0.15) is 6.42 Å². The normalized spacial score (nSPS) is 12.5. The Balaban J connectivity index is 2.56. The molecule has 0 aliphatic carbocycles. The topological polar surface area (TPSA) is 65.2 Å². The maximum atomic E-state index is 11.1. The molecule has 0 aromatic carbocycles. The van der Waals surface area contributed by atoms with Crippen LogP contribution in [0.4, 0.5) is 0 Å². The van der Waals surface area contributed by atoms with Crippen LogP contribution in [0.15, 0.2) is 4.52 Å². The Morgan fingerprint density at radius 1 is 1.53 bits per heavy atom. The number of ether oxygens (including phenoxy) is 1. The summed E-state index contributed by atoms with van der Waals surface area (Å²) in [6, 6.07) is 0. The largest absolute Gasteiger partial charge is 0.466 e. The van der Waals surface area contributed by atoms with Gasteiger partial charge in [-0.25, -0.2) is 0 Å². The van der Waals surface area contributed by atoms with Gasteiger partial charge in [0.25, 0.3) is 0 Å². The van der Waals surface area contributed by atoms with Crippen LogP contribution in [-0.4, -0.2) is 22.7 Å². The lowest BCUT2D eigenvalue weighted by Gasteiger charge is -1.99. The lowest BCUT2D eigenvalue weighted by Crippen LogP contribution is -2.07. The number of rotatable bonds is 5. The van der Waals surface area contributed by atoms with Crippen LogP contribution in [0.1, 0.15) is 44.8 Å². The maximum Gasteiger partial charge on any atom is 0.315 e. The van der Waals surface area contributed by atoms with Crippen LogP contribution < -0.4 is 0 Å². The molecule has 0 fully saturated rings. The Morgan fingerprint density at radius 3 is 2.87 bits per heavy atom. The third-order valence-electron chi connectivity index (χ3n) is 2.14. The fourth-order valence-corrected chi connectivity index (χ4v) is 1.06. The summed E-state index contributed by atoms with van der Waals surface area (Å²) < 4.78 is 9.72. The molecule has 0 amide bonds. The van der Waals surface area contributed by atoms with E-state index in [0.29, 0.717) is 18.3 Å². The summed E-state index contributed by atoms with van der Waals surface area (Å²) in [6.07, 6.45) is 0.996. The van der Waals surface area contributed by atoms with Gasteiger partial charge in [-0.15, -0.1) is 0 Å². The van der Waals surface area contributed by atoms with Crippen LogP contribution >= 0.6 is 0 Å². The second kappa shape index (κ2) is 5.48. The van der Waals surface area contributed by atoms with E-state index in [0.717, 1.165) is 6.42 Å². The van der Waals surface area contributed by atoms with E-state index >= 15 is 0 Å². The zero-order chi connectivity index (χ0) is 11.3. The molecule has 0 radical (unpaired) electrons. The summed E-state index contributed by atoms with van der Waals surface area (Å²) in [6.45, 7) is 6.19. The Bertz CT molecular complexity index is 322. The van der Waals surface area contributed by atoms with Gasteiger partial charge in [0, 0.05) is 5.92 Å². The minimum Gasteiger partial charge on any atom is -0.466 e. The van der Waals surface area contributed by atoms with Gasteiger partial charge in [-0.05, 0) is 13.3 Å². The summed E-state index contributed by atoms with van der Waals surface area (Å²) in [7, 11) is 0. The van der Waals surface area contributed by atoms with Crippen LogP contribution in [-0.2, 0) is 16.0 Å². The molecule has 15 heavy (non-hydrogen) atoms. The standard InChI is InChI=1S/C10H16N2O3/c1-4-7(3)10-11-8(15-12-10)6-9(13)14-5-2/h7H,4-6H2,1-3H3. The molecule has 1 rings (SSSR count). The minimum atomic E-state index is -0.336. The quantitative estimate of drug-likeness (QED) is 0.695. The molecule has 5 heteroatoms. The monoisotopic (exact) mass is 212 g/mol. The van der Waals surface area contributed by atoms with Crippen molar-refractivity contribution in [2.24, 2.45) is 0 Å². The van der Waals surface area contributed by atoms with Crippen LogP contribution in [0.25, 0.3) is 0 Å². The first-order chi connectivity index (χ1) is 7.17. The highest BCUT2D eigenvalue weighted by molar-refractivity contribution is 5.71. The summed E-state index contributed by atoms with van der Waals surface area (Å²) in [5.41, 5.74) is 0. The molecule has 1 unspecified atom stereocenters. The van der Waals surface area contributed by atoms with Gasteiger partial charge >= 0.3 is 5.97 Å². The molecule has 84 valence electrons. The molecule has 0 bridgehead atoms. The fourth-order valence-electron chi connectivity index (χ4n) is 1.06. The van der Waals surface area contributed by atoms with E-state index < -0.39 is 0 Å². The van der Waals surface area contributed by atoms with E-state index in [1.165, 1.54) is 0 Å². The molecule has 0 saturated heterocycles. The Hall–Kier alpha value is -1.39. The first-order valence-corrected chi connectivity index (χ1v) is 5.15. The average Bonchev–Trinajstić information content (AvgIpc) is 2.65. The molecule has 0 spiro atoms. The van der Waals surface area contributed by atoms with Crippen LogP contribution in [0, 0.1) is 0 Å². The molecule has 5 nitrogen and oxygen atoms in total. The van der Waals surface area contributed by atoms with E-state index in [9.17, 15) is 4.79 Å². The van der Waals surface area contributed by atoms with Gasteiger partial charge in [-0.2, -0.15) is 4.98 Å². The summed E-state index contributed by atoms with van der Waals surface area (Å²) in [5.74, 6) is 0.891. The van der Waals surface area contributed by atoms with E-state index in [1.54, 1.807) is 6.92 Å². The van der Waals surface area contributed by atoms with Crippen molar-refractivity contribution in [2.75, 3.05) is 6.61 Å². The van der Waals surface area contributed by atoms with Gasteiger partial charge in [0.2, 0.25) is 5.89 Å². The number of carbonyl (C=O) groups is 1. The molecule has 0 aliphatic rings. The Labute approximate surface area is 88.8 Å². The van der Waals surface area contributed by atoms with Crippen molar-refractivity contribution in [3.05, 3.63) is 11.7 Å². The molecule has 0 aliphatic heterocycles. The van der Waals surface area contributed by atoms with Gasteiger partial charge < -0.3 is 9.26 Å². The molecule has 1 atom stereocenters. The van der Waals surface area contributed by atoms with Crippen LogP contribution in [0.3, 0.4) is 0 Å². The average molecular weight is 212 g/mol. The Morgan fingerprint density at radius 2 is 2.27 bits per heavy atom. The zero-order valence-corrected chi connectivity index (χ0v) is 9.32. The van der Waals surface area contributed by atoms with E-state index in [1.807, 2.05) is 13.8 Å². The maximum absolute atomic E-state index is 11.1. The highest BCUT2D eigenvalue weighted by Crippen LogP contribution is 2.14. The van der Waals surface area contributed by atoms with Crippen molar-refractivity contribution in [1.82, 2.24) is 10.1 Å². The van der Waals surface area contributed by atoms with Crippen molar-refractivity contribution < 1.29 is 14.1 Å². The third kappa shape index (κ3) is 3.34. The summed E-state index contributed by atoms with van der Waals surface area (Å²) >= 11 is 0. The second-order valence-corrected chi connectivity index (χ2v) is 3.34. The highest BCUT2D eigenvalue weighted by Gasteiger charge is 2.14. The predicted molar refractivity (Wildman–Crippen MR) is 53.3 cm³/mol. The Kier molecular flexibility index (Phi) is 4.27. The molecule has 1 aromatic heterocycles. The smallest absolute Gasteiger partial charge is 0.315 e. The highest BCUT2D eigenvalue weighted by atomic mass is 16.5. The van der Waals surface area contributed by atoms with Gasteiger partial charge in [-0.3, -0.25) is 4.79 Å².